The number of nitrogens with zero attached hydrogens (tertiary/aromatic N) is 1. The molecule has 3 rings (SSSR count). The number of sulfonamides is 1. The summed E-state index contributed by atoms with van der Waals surface area (Å²) < 4.78 is 36.5. The van der Waals surface area contributed by atoms with Gasteiger partial charge < -0.3 is 14.0 Å². The molecule has 1 aromatic carbocycles. The Balaban J connectivity index is 2.17. The molecule has 1 fully saturated rings. The van der Waals surface area contributed by atoms with Crippen molar-refractivity contribution in [2.24, 2.45) is 5.14 Å². The van der Waals surface area contributed by atoms with E-state index in [0.717, 1.165) is 25.0 Å². The zero-order valence-corrected chi connectivity index (χ0v) is 12.6. The molecule has 2 heterocycles. The number of fused-ring (bicyclic) bond motifs is 1. The minimum absolute atomic E-state index is 0.0907. The summed E-state index contributed by atoms with van der Waals surface area (Å²) in [4.78, 5) is 0.0907. The van der Waals surface area contributed by atoms with E-state index in [-0.39, 0.29) is 11.0 Å². The summed E-state index contributed by atoms with van der Waals surface area (Å²) in [5.41, 5.74) is 0.786. The SMILES string of the molecule is COc1cccc2c1c(S(N)(=O)=O)cn2CC1CCCO1. The molecular weight excluding hydrogens is 292 g/mol. The third-order valence-corrected chi connectivity index (χ3v) is 4.71. The molecule has 0 amide bonds. The van der Waals surface area contributed by atoms with Crippen LogP contribution in [0.1, 0.15) is 12.8 Å². The van der Waals surface area contributed by atoms with Gasteiger partial charge in [-0.2, -0.15) is 0 Å². The number of benzene rings is 1. The minimum atomic E-state index is -3.82. The Morgan fingerprint density at radius 1 is 1.48 bits per heavy atom. The molecule has 6 nitrogen and oxygen atoms in total. The van der Waals surface area contributed by atoms with E-state index >= 15 is 0 Å². The lowest BCUT2D eigenvalue weighted by molar-refractivity contribution is 0.0979. The van der Waals surface area contributed by atoms with Crippen LogP contribution in [0.25, 0.3) is 10.9 Å². The Labute approximate surface area is 123 Å². The van der Waals surface area contributed by atoms with Crippen molar-refractivity contribution in [3.8, 4) is 5.75 Å². The first-order valence-corrected chi connectivity index (χ1v) is 8.35. The standard InChI is InChI=1S/C14H18N2O4S/c1-19-12-6-2-5-11-14(12)13(21(15,17)18)9-16(11)8-10-4-3-7-20-10/h2,5-6,9-10H,3-4,7-8H2,1H3,(H2,15,17,18). The molecule has 114 valence electrons. The fourth-order valence-electron chi connectivity index (χ4n) is 2.83. The molecular formula is C14H18N2O4S. The molecule has 1 atom stereocenters. The summed E-state index contributed by atoms with van der Waals surface area (Å²) in [5, 5.41) is 5.87. The van der Waals surface area contributed by atoms with Crippen molar-refractivity contribution in [2.45, 2.75) is 30.4 Å². The zero-order chi connectivity index (χ0) is 15.0. The van der Waals surface area contributed by atoms with Gasteiger partial charge in [0.25, 0.3) is 0 Å². The third kappa shape index (κ3) is 2.64. The Morgan fingerprint density at radius 2 is 2.29 bits per heavy atom. The van der Waals surface area contributed by atoms with Crippen molar-refractivity contribution in [3.05, 3.63) is 24.4 Å². The van der Waals surface area contributed by atoms with Crippen molar-refractivity contribution in [3.63, 3.8) is 0 Å². The first-order chi connectivity index (χ1) is 10.0. The number of hydrogen-bond donors (Lipinski definition) is 1. The van der Waals surface area contributed by atoms with Gasteiger partial charge in [-0.05, 0) is 25.0 Å². The van der Waals surface area contributed by atoms with Crippen LogP contribution >= 0.6 is 0 Å². The zero-order valence-electron chi connectivity index (χ0n) is 11.8. The Kier molecular flexibility index (Phi) is 3.64. The van der Waals surface area contributed by atoms with Crippen molar-refractivity contribution in [1.82, 2.24) is 4.57 Å². The van der Waals surface area contributed by atoms with Gasteiger partial charge in [0.05, 0.1) is 24.1 Å². The monoisotopic (exact) mass is 310 g/mol. The maximum atomic E-state index is 11.8. The molecule has 1 saturated heterocycles. The van der Waals surface area contributed by atoms with E-state index in [0.29, 0.717) is 17.7 Å². The van der Waals surface area contributed by atoms with Gasteiger partial charge in [-0.1, -0.05) is 6.07 Å². The lowest BCUT2D eigenvalue weighted by atomic mass is 10.2. The smallest absolute Gasteiger partial charge is 0.240 e. The van der Waals surface area contributed by atoms with Gasteiger partial charge in [-0.25, -0.2) is 13.6 Å². The quantitative estimate of drug-likeness (QED) is 0.927. The van der Waals surface area contributed by atoms with Crippen LogP contribution < -0.4 is 9.88 Å². The Morgan fingerprint density at radius 3 is 2.90 bits per heavy atom. The molecule has 0 spiro atoms. The number of nitrogens with two attached hydrogens (primary N) is 1. The number of aromatic nitrogens is 1. The largest absolute Gasteiger partial charge is 0.496 e. The number of methoxy groups -OCH3 is 1. The maximum absolute atomic E-state index is 11.8. The number of ether oxygens (including phenoxy) is 2. The summed E-state index contributed by atoms with van der Waals surface area (Å²) in [6, 6.07) is 5.43. The van der Waals surface area contributed by atoms with Crippen molar-refractivity contribution < 1.29 is 17.9 Å². The highest BCUT2D eigenvalue weighted by molar-refractivity contribution is 7.89. The first-order valence-electron chi connectivity index (χ1n) is 6.81. The van der Waals surface area contributed by atoms with E-state index in [1.807, 2.05) is 16.7 Å². The van der Waals surface area contributed by atoms with Gasteiger partial charge in [0, 0.05) is 19.3 Å². The molecule has 2 aromatic rings. The van der Waals surface area contributed by atoms with Crippen molar-refractivity contribution in [2.75, 3.05) is 13.7 Å². The van der Waals surface area contributed by atoms with E-state index in [1.165, 1.54) is 7.11 Å². The topological polar surface area (TPSA) is 83.5 Å². The molecule has 0 saturated carbocycles. The predicted molar refractivity (Wildman–Crippen MR) is 78.8 cm³/mol. The summed E-state index contributed by atoms with van der Waals surface area (Å²) in [7, 11) is -2.30. The van der Waals surface area contributed by atoms with E-state index in [1.54, 1.807) is 12.3 Å². The van der Waals surface area contributed by atoms with Gasteiger partial charge in [0.1, 0.15) is 10.6 Å². The Hall–Kier alpha value is -1.57. The van der Waals surface area contributed by atoms with Gasteiger partial charge in [0.15, 0.2) is 0 Å². The molecule has 7 heteroatoms. The molecule has 0 radical (unpaired) electrons. The van der Waals surface area contributed by atoms with Crippen LogP contribution in [0.15, 0.2) is 29.3 Å². The van der Waals surface area contributed by atoms with Gasteiger partial charge in [0.2, 0.25) is 10.0 Å². The average molecular weight is 310 g/mol. The van der Waals surface area contributed by atoms with Crippen molar-refractivity contribution >= 4 is 20.9 Å². The molecule has 0 bridgehead atoms. The van der Waals surface area contributed by atoms with Crippen LogP contribution in [0, 0.1) is 0 Å². The number of primary sulfonamides is 1. The summed E-state index contributed by atoms with van der Waals surface area (Å²) >= 11 is 0. The van der Waals surface area contributed by atoms with E-state index < -0.39 is 10.0 Å². The van der Waals surface area contributed by atoms with Gasteiger partial charge >= 0.3 is 0 Å². The van der Waals surface area contributed by atoms with Crippen LogP contribution in [-0.2, 0) is 21.3 Å². The minimum Gasteiger partial charge on any atom is -0.496 e. The summed E-state index contributed by atoms with van der Waals surface area (Å²) in [6.45, 7) is 1.37. The third-order valence-electron chi connectivity index (χ3n) is 3.78. The first kappa shape index (κ1) is 14.4. The van der Waals surface area contributed by atoms with Crippen LogP contribution in [0.3, 0.4) is 0 Å². The van der Waals surface area contributed by atoms with Crippen LogP contribution in [-0.4, -0.2) is 32.8 Å². The second-order valence-electron chi connectivity index (χ2n) is 5.18. The maximum Gasteiger partial charge on any atom is 0.240 e. The summed E-state index contributed by atoms with van der Waals surface area (Å²) in [6.07, 6.45) is 3.70. The predicted octanol–water partition coefficient (Wildman–Crippen LogP) is 1.48. The highest BCUT2D eigenvalue weighted by atomic mass is 32.2. The number of rotatable bonds is 4. The molecule has 1 aliphatic heterocycles. The van der Waals surface area contributed by atoms with Crippen LogP contribution in [0.4, 0.5) is 0 Å². The molecule has 1 unspecified atom stereocenters. The summed E-state index contributed by atoms with van der Waals surface area (Å²) in [5.74, 6) is 0.502. The van der Waals surface area contributed by atoms with Crippen LogP contribution in [0.2, 0.25) is 0 Å². The molecule has 2 N–H and O–H groups in total. The van der Waals surface area contributed by atoms with E-state index in [2.05, 4.69) is 0 Å². The lowest BCUT2D eigenvalue weighted by Gasteiger charge is -2.11. The highest BCUT2D eigenvalue weighted by Gasteiger charge is 2.23. The highest BCUT2D eigenvalue weighted by Crippen LogP contribution is 2.33. The van der Waals surface area contributed by atoms with Crippen molar-refractivity contribution in [1.29, 1.82) is 0 Å². The molecule has 21 heavy (non-hydrogen) atoms. The number of hydrogen-bond acceptors (Lipinski definition) is 4. The molecule has 1 aromatic heterocycles. The van der Waals surface area contributed by atoms with Gasteiger partial charge in [-0.3, -0.25) is 0 Å². The second kappa shape index (κ2) is 5.32. The van der Waals surface area contributed by atoms with E-state index in [9.17, 15) is 8.42 Å². The van der Waals surface area contributed by atoms with Gasteiger partial charge in [-0.15, -0.1) is 0 Å². The van der Waals surface area contributed by atoms with Crippen LogP contribution in [0.5, 0.6) is 5.75 Å². The lowest BCUT2D eigenvalue weighted by Crippen LogP contribution is -2.15. The Bertz CT molecular complexity index is 761. The average Bonchev–Trinajstić information content (AvgIpc) is 3.06. The fourth-order valence-corrected chi connectivity index (χ4v) is 3.59. The molecule has 0 aliphatic carbocycles. The fraction of sp³-hybridized carbons (Fsp3) is 0.429. The molecule has 1 aliphatic rings. The second-order valence-corrected chi connectivity index (χ2v) is 6.71. The normalized spacial score (nSPS) is 19.2. The van der Waals surface area contributed by atoms with E-state index in [4.69, 9.17) is 14.6 Å².